The van der Waals surface area contributed by atoms with Crippen molar-refractivity contribution in [3.05, 3.63) is 66.2 Å². The number of rotatable bonds is 6. The zero-order valence-electron chi connectivity index (χ0n) is 16.2. The summed E-state index contributed by atoms with van der Waals surface area (Å²) < 4.78 is 7.27. The number of nitrogens with zero attached hydrogens (tertiary/aromatic N) is 2. The maximum absolute atomic E-state index is 12.5. The molecule has 2 heterocycles. The summed E-state index contributed by atoms with van der Waals surface area (Å²) in [7, 11) is 0. The van der Waals surface area contributed by atoms with Crippen LogP contribution in [-0.4, -0.2) is 35.1 Å². The average molecular weight is 391 g/mol. The van der Waals surface area contributed by atoms with Gasteiger partial charge in [-0.1, -0.05) is 60.7 Å². The van der Waals surface area contributed by atoms with E-state index in [2.05, 4.69) is 10.6 Å². The Kier molecular flexibility index (Phi) is 5.76. The molecular weight excluding hydrogens is 366 g/mol. The highest BCUT2D eigenvalue weighted by Crippen LogP contribution is 2.32. The standard InChI is InChI=1S/C22H25N5O2/c23-21-20(25-22(28)24-14-18-12-7-13-29-18)19(17-10-5-2-6-11-17)26-27(21)15-16-8-3-1-4-9-16/h1-6,8-11,18H,7,12-15,23H2,(H2,24,25,28). The summed E-state index contributed by atoms with van der Waals surface area (Å²) in [6.07, 6.45) is 2.07. The van der Waals surface area contributed by atoms with E-state index >= 15 is 0 Å². The Bertz CT molecular complexity index is 950. The number of amides is 2. The molecule has 0 saturated carbocycles. The molecule has 2 amide bonds. The predicted octanol–water partition coefficient (Wildman–Crippen LogP) is 3.48. The van der Waals surface area contributed by atoms with Crippen molar-refractivity contribution in [3.63, 3.8) is 0 Å². The van der Waals surface area contributed by atoms with Crippen molar-refractivity contribution in [1.82, 2.24) is 15.1 Å². The van der Waals surface area contributed by atoms with E-state index in [-0.39, 0.29) is 12.1 Å². The number of nitrogen functional groups attached to an aromatic ring is 1. The van der Waals surface area contributed by atoms with Gasteiger partial charge in [-0.2, -0.15) is 5.10 Å². The molecule has 7 nitrogen and oxygen atoms in total. The SMILES string of the molecule is Nc1c(NC(=O)NCC2CCCO2)c(-c2ccccc2)nn1Cc1ccccc1. The molecule has 4 N–H and O–H groups in total. The average Bonchev–Trinajstić information content (AvgIpc) is 3.38. The first-order valence-electron chi connectivity index (χ1n) is 9.83. The van der Waals surface area contributed by atoms with Gasteiger partial charge >= 0.3 is 6.03 Å². The zero-order chi connectivity index (χ0) is 20.1. The Morgan fingerprint density at radius 1 is 1.14 bits per heavy atom. The van der Waals surface area contributed by atoms with Gasteiger partial charge in [0.25, 0.3) is 0 Å². The lowest BCUT2D eigenvalue weighted by Crippen LogP contribution is -2.35. The van der Waals surface area contributed by atoms with Crippen LogP contribution < -0.4 is 16.4 Å². The van der Waals surface area contributed by atoms with E-state index in [9.17, 15) is 4.79 Å². The Labute approximate surface area is 169 Å². The number of hydrogen-bond donors (Lipinski definition) is 3. The van der Waals surface area contributed by atoms with E-state index < -0.39 is 0 Å². The molecule has 150 valence electrons. The Hall–Kier alpha value is -3.32. The molecule has 0 bridgehead atoms. The maximum Gasteiger partial charge on any atom is 0.319 e. The van der Waals surface area contributed by atoms with Crippen LogP contribution in [0.5, 0.6) is 0 Å². The third kappa shape index (κ3) is 4.57. The minimum Gasteiger partial charge on any atom is -0.382 e. The van der Waals surface area contributed by atoms with Crippen LogP contribution in [0.15, 0.2) is 60.7 Å². The molecule has 1 unspecified atom stereocenters. The smallest absolute Gasteiger partial charge is 0.319 e. The van der Waals surface area contributed by atoms with E-state index in [4.69, 9.17) is 15.6 Å². The summed E-state index contributed by atoms with van der Waals surface area (Å²) in [6.45, 7) is 1.75. The highest BCUT2D eigenvalue weighted by Gasteiger charge is 2.21. The number of nitrogens with one attached hydrogen (secondary N) is 2. The lowest BCUT2D eigenvalue weighted by atomic mass is 10.1. The van der Waals surface area contributed by atoms with Gasteiger partial charge in [-0.15, -0.1) is 0 Å². The number of urea groups is 1. The number of ether oxygens (including phenoxy) is 1. The quantitative estimate of drug-likeness (QED) is 0.600. The summed E-state index contributed by atoms with van der Waals surface area (Å²) in [5, 5.41) is 10.5. The number of benzene rings is 2. The molecule has 1 aliphatic heterocycles. The van der Waals surface area contributed by atoms with E-state index in [1.165, 1.54) is 0 Å². The molecule has 3 aromatic rings. The van der Waals surface area contributed by atoms with Crippen LogP contribution in [0.2, 0.25) is 0 Å². The summed E-state index contributed by atoms with van der Waals surface area (Å²) in [6, 6.07) is 19.3. The molecule has 0 aliphatic carbocycles. The Morgan fingerprint density at radius 2 is 1.86 bits per heavy atom. The first kappa shape index (κ1) is 19.0. The minimum absolute atomic E-state index is 0.0764. The van der Waals surface area contributed by atoms with Gasteiger partial charge in [-0.3, -0.25) is 0 Å². The molecule has 4 rings (SSSR count). The van der Waals surface area contributed by atoms with Crippen molar-refractivity contribution in [2.24, 2.45) is 0 Å². The number of carbonyl (C=O) groups excluding carboxylic acids is 1. The van der Waals surface area contributed by atoms with Crippen LogP contribution in [0.4, 0.5) is 16.3 Å². The summed E-state index contributed by atoms with van der Waals surface area (Å²) >= 11 is 0. The van der Waals surface area contributed by atoms with Crippen molar-refractivity contribution in [2.45, 2.75) is 25.5 Å². The fourth-order valence-corrected chi connectivity index (χ4v) is 3.44. The largest absolute Gasteiger partial charge is 0.382 e. The molecule has 1 atom stereocenters. The molecule has 29 heavy (non-hydrogen) atoms. The van der Waals surface area contributed by atoms with Crippen LogP contribution in [0.1, 0.15) is 18.4 Å². The van der Waals surface area contributed by atoms with Gasteiger partial charge in [0.2, 0.25) is 0 Å². The molecule has 2 aromatic carbocycles. The fourth-order valence-electron chi connectivity index (χ4n) is 3.44. The summed E-state index contributed by atoms with van der Waals surface area (Å²) in [4.78, 5) is 12.5. The van der Waals surface area contributed by atoms with Gasteiger partial charge < -0.3 is 21.1 Å². The molecule has 1 saturated heterocycles. The number of aromatic nitrogens is 2. The summed E-state index contributed by atoms with van der Waals surface area (Å²) in [5.74, 6) is 0.417. The number of hydrogen-bond acceptors (Lipinski definition) is 4. The number of nitrogens with two attached hydrogens (primary N) is 1. The van der Waals surface area contributed by atoms with Gasteiger partial charge in [0, 0.05) is 18.7 Å². The molecular formula is C22H25N5O2. The second-order valence-corrected chi connectivity index (χ2v) is 7.09. The van der Waals surface area contributed by atoms with Crippen molar-refractivity contribution < 1.29 is 9.53 Å². The molecule has 0 spiro atoms. The normalized spacial score (nSPS) is 15.9. The molecule has 0 radical (unpaired) electrons. The lowest BCUT2D eigenvalue weighted by molar-refractivity contribution is 0.112. The molecule has 1 aliphatic rings. The van der Waals surface area contributed by atoms with Crippen LogP contribution in [0.25, 0.3) is 11.3 Å². The highest BCUT2D eigenvalue weighted by atomic mass is 16.5. The molecule has 1 aromatic heterocycles. The minimum atomic E-state index is -0.316. The first-order valence-corrected chi connectivity index (χ1v) is 9.83. The van der Waals surface area contributed by atoms with Crippen molar-refractivity contribution in [2.75, 3.05) is 24.2 Å². The van der Waals surface area contributed by atoms with E-state index in [0.29, 0.717) is 30.3 Å². The van der Waals surface area contributed by atoms with Gasteiger partial charge in [0.1, 0.15) is 17.2 Å². The topological polar surface area (TPSA) is 94.2 Å². The first-order chi connectivity index (χ1) is 14.2. The fraction of sp³-hybridized carbons (Fsp3) is 0.273. The third-order valence-corrected chi connectivity index (χ3v) is 4.97. The van der Waals surface area contributed by atoms with Gasteiger partial charge in [0.15, 0.2) is 0 Å². The maximum atomic E-state index is 12.5. The zero-order valence-corrected chi connectivity index (χ0v) is 16.2. The van der Waals surface area contributed by atoms with Crippen LogP contribution in [-0.2, 0) is 11.3 Å². The second-order valence-electron chi connectivity index (χ2n) is 7.09. The van der Waals surface area contributed by atoms with Gasteiger partial charge in [0.05, 0.1) is 12.6 Å². The highest BCUT2D eigenvalue weighted by molar-refractivity contribution is 5.97. The number of carbonyl (C=O) groups is 1. The van der Waals surface area contributed by atoms with Crippen molar-refractivity contribution >= 4 is 17.5 Å². The van der Waals surface area contributed by atoms with Crippen molar-refractivity contribution in [1.29, 1.82) is 0 Å². The van der Waals surface area contributed by atoms with Gasteiger partial charge in [-0.25, -0.2) is 9.48 Å². The van der Waals surface area contributed by atoms with E-state index in [1.54, 1.807) is 4.68 Å². The van der Waals surface area contributed by atoms with E-state index in [0.717, 1.165) is 30.6 Å². The second kappa shape index (κ2) is 8.79. The van der Waals surface area contributed by atoms with Crippen LogP contribution in [0.3, 0.4) is 0 Å². The van der Waals surface area contributed by atoms with Crippen LogP contribution in [0, 0.1) is 0 Å². The predicted molar refractivity (Wildman–Crippen MR) is 114 cm³/mol. The van der Waals surface area contributed by atoms with Crippen molar-refractivity contribution in [3.8, 4) is 11.3 Å². The number of anilines is 2. The van der Waals surface area contributed by atoms with E-state index in [1.807, 2.05) is 60.7 Å². The van der Waals surface area contributed by atoms with Crippen LogP contribution >= 0.6 is 0 Å². The molecule has 7 heteroatoms. The molecule has 1 fully saturated rings. The monoisotopic (exact) mass is 391 g/mol. The van der Waals surface area contributed by atoms with Gasteiger partial charge in [-0.05, 0) is 18.4 Å². The Morgan fingerprint density at radius 3 is 2.55 bits per heavy atom. The summed E-state index contributed by atoms with van der Waals surface area (Å²) in [5.41, 5.74) is 9.51. The lowest BCUT2D eigenvalue weighted by Gasteiger charge is -2.12. The Balaban J connectivity index is 1.57. The third-order valence-electron chi connectivity index (χ3n) is 4.97.